The van der Waals surface area contributed by atoms with Crippen LogP contribution < -0.4 is 0 Å². The maximum atomic E-state index is 13.1. The van der Waals surface area contributed by atoms with Crippen LogP contribution in [0.4, 0.5) is 13.2 Å². The fourth-order valence-electron chi connectivity index (χ4n) is 1.62. The van der Waals surface area contributed by atoms with Gasteiger partial charge in [0.05, 0.1) is 0 Å². The Morgan fingerprint density at radius 2 is 1.71 bits per heavy atom. The molecule has 0 amide bonds. The Bertz CT molecular complexity index is 521. The van der Waals surface area contributed by atoms with Crippen molar-refractivity contribution in [3.8, 4) is 0 Å². The average molecular weight is 237 g/mol. The smallest absolute Gasteiger partial charge is 0.194 e. The van der Waals surface area contributed by atoms with Crippen molar-refractivity contribution < 1.29 is 13.2 Å². The van der Waals surface area contributed by atoms with Gasteiger partial charge >= 0.3 is 0 Å². The topological polar surface area (TPSA) is 3.24 Å². The van der Waals surface area contributed by atoms with Gasteiger partial charge in [0.25, 0.3) is 0 Å². The molecule has 0 saturated carbocycles. The number of nitrogens with zero attached hydrogens (tertiary/aromatic N) is 1. The Morgan fingerprint density at radius 1 is 1.12 bits per heavy atom. The second-order valence-corrected chi connectivity index (χ2v) is 3.72. The van der Waals surface area contributed by atoms with Crippen LogP contribution in [0.2, 0.25) is 0 Å². The molecular formula is C13H10F3N. The highest BCUT2D eigenvalue weighted by Crippen LogP contribution is 2.27. The van der Waals surface area contributed by atoms with Crippen LogP contribution in [0.15, 0.2) is 42.6 Å². The molecule has 0 N–H and O–H groups in total. The quantitative estimate of drug-likeness (QED) is 0.676. The first kappa shape index (κ1) is 11.5. The summed E-state index contributed by atoms with van der Waals surface area (Å²) in [5.74, 6) is -3.86. The molecule has 1 nitrogen and oxygen atoms in total. The lowest BCUT2D eigenvalue weighted by Crippen LogP contribution is -2.16. The van der Waals surface area contributed by atoms with Gasteiger partial charge in [0.2, 0.25) is 0 Å². The zero-order valence-electron chi connectivity index (χ0n) is 9.17. The van der Waals surface area contributed by atoms with E-state index in [1.54, 1.807) is 30.2 Å². The number of rotatable bonds is 1. The van der Waals surface area contributed by atoms with E-state index in [0.29, 0.717) is 11.4 Å². The van der Waals surface area contributed by atoms with Gasteiger partial charge in [-0.05, 0) is 24.3 Å². The minimum absolute atomic E-state index is 0.273. The maximum absolute atomic E-state index is 13.1. The first-order valence-electron chi connectivity index (χ1n) is 4.96. The van der Waals surface area contributed by atoms with Crippen LogP contribution in [0.1, 0.15) is 5.56 Å². The standard InChI is InChI=1S/C13H10F3N/c1-8-4-3-5-12(17(8)2)9-6-10(14)13(16)11(15)7-9/h3-7H,1H2,2H3. The molecule has 1 aliphatic rings. The Labute approximate surface area is 97.2 Å². The minimum atomic E-state index is -1.46. The Hall–Kier alpha value is -1.97. The third-order valence-corrected chi connectivity index (χ3v) is 2.61. The molecular weight excluding hydrogens is 227 g/mol. The maximum Gasteiger partial charge on any atom is 0.194 e. The SMILES string of the molecule is C=C1C=CC=C(c2cc(F)c(F)c(F)c2)N1C. The molecule has 1 heterocycles. The summed E-state index contributed by atoms with van der Waals surface area (Å²) in [6.45, 7) is 3.77. The number of allylic oxidation sites excluding steroid dienone is 3. The van der Waals surface area contributed by atoms with Crippen molar-refractivity contribution in [3.05, 3.63) is 65.7 Å². The van der Waals surface area contributed by atoms with Gasteiger partial charge in [-0.3, -0.25) is 0 Å². The second-order valence-electron chi connectivity index (χ2n) is 3.72. The first-order chi connectivity index (χ1) is 8.00. The lowest BCUT2D eigenvalue weighted by molar-refractivity contribution is 0.446. The summed E-state index contributed by atoms with van der Waals surface area (Å²) in [5.41, 5.74) is 1.53. The predicted octanol–water partition coefficient (Wildman–Crippen LogP) is 3.46. The van der Waals surface area contributed by atoms with Crippen LogP contribution in [0, 0.1) is 17.5 Å². The third kappa shape index (κ3) is 1.98. The van der Waals surface area contributed by atoms with Gasteiger partial charge in [-0.25, -0.2) is 13.2 Å². The van der Waals surface area contributed by atoms with Crippen molar-refractivity contribution in [1.82, 2.24) is 4.90 Å². The fraction of sp³-hybridized carbons (Fsp3) is 0.0769. The van der Waals surface area contributed by atoms with Crippen molar-refractivity contribution in [3.63, 3.8) is 0 Å². The Kier molecular flexibility index (Phi) is 2.79. The molecule has 0 saturated heterocycles. The van der Waals surface area contributed by atoms with E-state index in [-0.39, 0.29) is 5.56 Å². The van der Waals surface area contributed by atoms with Crippen molar-refractivity contribution >= 4 is 5.70 Å². The molecule has 0 fully saturated rings. The van der Waals surface area contributed by atoms with Gasteiger partial charge in [0.1, 0.15) is 0 Å². The minimum Gasteiger partial charge on any atom is -0.345 e. The van der Waals surface area contributed by atoms with Crippen LogP contribution >= 0.6 is 0 Å². The Balaban J connectivity index is 2.51. The van der Waals surface area contributed by atoms with Crippen molar-refractivity contribution in [2.75, 3.05) is 7.05 Å². The number of hydrogen-bond donors (Lipinski definition) is 0. The van der Waals surface area contributed by atoms with Crippen LogP contribution in [0.3, 0.4) is 0 Å². The van der Waals surface area contributed by atoms with Crippen molar-refractivity contribution in [1.29, 1.82) is 0 Å². The van der Waals surface area contributed by atoms with E-state index >= 15 is 0 Å². The molecule has 0 bridgehead atoms. The van der Waals surface area contributed by atoms with Crippen molar-refractivity contribution in [2.24, 2.45) is 0 Å². The molecule has 17 heavy (non-hydrogen) atoms. The predicted molar refractivity (Wildman–Crippen MR) is 60.3 cm³/mol. The highest BCUT2D eigenvalue weighted by Gasteiger charge is 2.16. The molecule has 1 aromatic rings. The lowest BCUT2D eigenvalue weighted by atomic mass is 10.1. The van der Waals surface area contributed by atoms with Gasteiger partial charge in [-0.2, -0.15) is 0 Å². The molecule has 0 aromatic heterocycles. The number of likely N-dealkylation sites (N-methyl/N-ethyl adjacent to an activating group) is 1. The summed E-state index contributed by atoms with van der Waals surface area (Å²) in [7, 11) is 1.72. The Morgan fingerprint density at radius 3 is 2.29 bits per heavy atom. The lowest BCUT2D eigenvalue weighted by Gasteiger charge is -2.25. The van der Waals surface area contributed by atoms with Crippen LogP contribution in [0.25, 0.3) is 5.70 Å². The fourth-order valence-corrected chi connectivity index (χ4v) is 1.62. The molecule has 0 unspecified atom stereocenters. The molecule has 1 aromatic carbocycles. The number of hydrogen-bond acceptors (Lipinski definition) is 1. The highest BCUT2D eigenvalue weighted by molar-refractivity contribution is 5.69. The van der Waals surface area contributed by atoms with Crippen LogP contribution in [-0.2, 0) is 0 Å². The second kappa shape index (κ2) is 4.13. The summed E-state index contributed by atoms with van der Waals surface area (Å²) in [5, 5.41) is 0. The van der Waals surface area contributed by atoms with Crippen LogP contribution in [0.5, 0.6) is 0 Å². The van der Waals surface area contributed by atoms with E-state index in [1.165, 1.54) is 0 Å². The van der Waals surface area contributed by atoms with Gasteiger partial charge < -0.3 is 4.90 Å². The van der Waals surface area contributed by atoms with E-state index < -0.39 is 17.5 Å². The molecule has 1 aliphatic heterocycles. The van der Waals surface area contributed by atoms with Crippen molar-refractivity contribution in [2.45, 2.75) is 0 Å². The normalized spacial score (nSPS) is 15.2. The molecule has 2 rings (SSSR count). The van der Waals surface area contributed by atoms with E-state index in [4.69, 9.17) is 0 Å². The van der Waals surface area contributed by atoms with E-state index in [0.717, 1.165) is 12.1 Å². The monoisotopic (exact) mass is 237 g/mol. The van der Waals surface area contributed by atoms with E-state index in [2.05, 4.69) is 6.58 Å². The molecule has 0 atom stereocenters. The summed E-state index contributed by atoms with van der Waals surface area (Å²) in [6, 6.07) is 1.93. The summed E-state index contributed by atoms with van der Waals surface area (Å²) in [4.78, 5) is 1.67. The zero-order chi connectivity index (χ0) is 12.6. The molecule has 0 radical (unpaired) electrons. The van der Waals surface area contributed by atoms with E-state index in [9.17, 15) is 13.2 Å². The third-order valence-electron chi connectivity index (χ3n) is 2.61. The van der Waals surface area contributed by atoms with Crippen LogP contribution in [-0.4, -0.2) is 11.9 Å². The zero-order valence-corrected chi connectivity index (χ0v) is 9.17. The number of benzene rings is 1. The first-order valence-corrected chi connectivity index (χ1v) is 4.96. The van der Waals surface area contributed by atoms with Gasteiger partial charge in [-0.1, -0.05) is 12.7 Å². The summed E-state index contributed by atoms with van der Waals surface area (Å²) < 4.78 is 39.1. The number of halogens is 3. The highest BCUT2D eigenvalue weighted by atomic mass is 19.2. The van der Waals surface area contributed by atoms with E-state index in [1.807, 2.05) is 0 Å². The molecule has 0 aliphatic carbocycles. The average Bonchev–Trinajstić information content (AvgIpc) is 2.29. The largest absolute Gasteiger partial charge is 0.345 e. The molecule has 0 spiro atoms. The van der Waals surface area contributed by atoms with Gasteiger partial charge in [0, 0.05) is 24.0 Å². The molecule has 88 valence electrons. The van der Waals surface area contributed by atoms with Gasteiger partial charge in [0.15, 0.2) is 17.5 Å². The molecule has 4 heteroatoms. The summed E-state index contributed by atoms with van der Waals surface area (Å²) >= 11 is 0. The van der Waals surface area contributed by atoms with Gasteiger partial charge in [-0.15, -0.1) is 0 Å². The summed E-state index contributed by atoms with van der Waals surface area (Å²) in [6.07, 6.45) is 5.16.